The Morgan fingerprint density at radius 2 is 1.82 bits per heavy atom. The van der Waals surface area contributed by atoms with Crippen LogP contribution in [0.5, 0.6) is 0 Å². The third-order valence-electron chi connectivity index (χ3n) is 5.51. The highest BCUT2D eigenvalue weighted by Gasteiger charge is 2.30. The van der Waals surface area contributed by atoms with E-state index in [1.807, 2.05) is 0 Å². The highest BCUT2D eigenvalue weighted by Crippen LogP contribution is 2.32. The molecule has 22 heavy (non-hydrogen) atoms. The van der Waals surface area contributed by atoms with Crippen LogP contribution in [0.25, 0.3) is 10.1 Å². The average Bonchev–Trinajstić information content (AvgIpc) is 3.00. The molecule has 118 valence electrons. The van der Waals surface area contributed by atoms with Crippen LogP contribution in [-0.2, 0) is 0 Å². The van der Waals surface area contributed by atoms with Gasteiger partial charge in [-0.3, -0.25) is 4.90 Å². The summed E-state index contributed by atoms with van der Waals surface area (Å²) in [4.78, 5) is 5.23. The molecule has 1 unspecified atom stereocenters. The topological polar surface area (TPSA) is 19.4 Å². The molecule has 2 heterocycles. The minimum Gasteiger partial charge on any atom is -0.353 e. The maximum atomic E-state index is 4.72. The first-order valence-corrected chi connectivity index (χ1v) is 9.43. The van der Waals surface area contributed by atoms with Crippen molar-refractivity contribution in [3.05, 3.63) is 24.3 Å². The fraction of sp³-hybridized carbons (Fsp3) is 0.611. The second-order valence-electron chi connectivity index (χ2n) is 6.85. The molecule has 1 aromatic heterocycles. The number of rotatable bonds is 2. The summed E-state index contributed by atoms with van der Waals surface area (Å²) in [5, 5.41) is 1.33. The van der Waals surface area contributed by atoms with Gasteiger partial charge in [0, 0.05) is 37.6 Å². The zero-order valence-electron chi connectivity index (χ0n) is 13.4. The number of nitrogens with zero attached hydrogens (tertiary/aromatic N) is 3. The first-order valence-electron chi connectivity index (χ1n) is 8.66. The van der Waals surface area contributed by atoms with E-state index in [-0.39, 0.29) is 0 Å². The van der Waals surface area contributed by atoms with Crippen LogP contribution in [0.3, 0.4) is 0 Å². The molecule has 2 aliphatic rings. The lowest BCUT2D eigenvalue weighted by Gasteiger charge is -2.43. The molecule has 4 rings (SSSR count). The summed E-state index contributed by atoms with van der Waals surface area (Å²) >= 11 is 1.63. The van der Waals surface area contributed by atoms with Crippen molar-refractivity contribution < 1.29 is 0 Å². The maximum Gasteiger partial charge on any atom is 0.150 e. The van der Waals surface area contributed by atoms with E-state index in [0.717, 1.165) is 25.0 Å². The Bertz CT molecular complexity index is 630. The zero-order chi connectivity index (χ0) is 14.9. The highest BCUT2D eigenvalue weighted by atomic mass is 32.1. The van der Waals surface area contributed by atoms with Crippen molar-refractivity contribution in [1.29, 1.82) is 0 Å². The van der Waals surface area contributed by atoms with Crippen LogP contribution in [-0.4, -0.2) is 41.5 Å². The minimum atomic E-state index is 0.822. The van der Waals surface area contributed by atoms with Gasteiger partial charge in [-0.05, 0) is 42.4 Å². The molecule has 0 N–H and O–H groups in total. The molecule has 2 aromatic rings. The molecule has 1 aliphatic carbocycles. The molecule has 0 amide bonds. The fourth-order valence-corrected chi connectivity index (χ4v) is 5.00. The van der Waals surface area contributed by atoms with E-state index in [2.05, 4.69) is 41.0 Å². The second-order valence-corrected chi connectivity index (χ2v) is 7.66. The van der Waals surface area contributed by atoms with Crippen molar-refractivity contribution in [2.24, 2.45) is 5.92 Å². The summed E-state index contributed by atoms with van der Waals surface area (Å²) in [6, 6.07) is 9.44. The van der Waals surface area contributed by atoms with Gasteiger partial charge in [0.05, 0.1) is 4.70 Å². The van der Waals surface area contributed by atoms with E-state index >= 15 is 0 Å². The lowest BCUT2D eigenvalue weighted by atomic mass is 9.84. The van der Waals surface area contributed by atoms with Crippen molar-refractivity contribution >= 4 is 27.4 Å². The van der Waals surface area contributed by atoms with Gasteiger partial charge in [0.1, 0.15) is 5.82 Å². The van der Waals surface area contributed by atoms with Gasteiger partial charge in [-0.25, -0.2) is 0 Å². The van der Waals surface area contributed by atoms with Crippen molar-refractivity contribution in [2.45, 2.75) is 38.6 Å². The number of hydrogen-bond donors (Lipinski definition) is 0. The third kappa shape index (κ3) is 2.63. The van der Waals surface area contributed by atoms with Gasteiger partial charge in [0.15, 0.2) is 0 Å². The van der Waals surface area contributed by atoms with Gasteiger partial charge >= 0.3 is 0 Å². The number of aromatic nitrogens is 1. The van der Waals surface area contributed by atoms with Crippen molar-refractivity contribution in [3.8, 4) is 0 Å². The molecule has 3 nitrogen and oxygen atoms in total. The average molecular weight is 315 g/mol. The Labute approximate surface area is 137 Å². The molecule has 4 heteroatoms. The summed E-state index contributed by atoms with van der Waals surface area (Å²) in [5.74, 6) is 2.08. The van der Waals surface area contributed by atoms with E-state index < -0.39 is 0 Å². The lowest BCUT2D eigenvalue weighted by molar-refractivity contribution is 0.105. The normalized spacial score (nSPS) is 27.4. The van der Waals surface area contributed by atoms with Crippen molar-refractivity contribution in [3.63, 3.8) is 0 Å². The monoisotopic (exact) mass is 315 g/mol. The molecule has 2 fully saturated rings. The predicted octanol–water partition coefficient (Wildman–Crippen LogP) is 4.00. The Balaban J connectivity index is 1.45. The molecule has 0 spiro atoms. The van der Waals surface area contributed by atoms with Crippen LogP contribution >= 0.6 is 11.5 Å². The second kappa shape index (κ2) is 6.17. The van der Waals surface area contributed by atoms with E-state index in [1.54, 1.807) is 11.5 Å². The smallest absolute Gasteiger partial charge is 0.150 e. The molecular formula is C18H25N3S. The molecule has 2 atom stereocenters. The van der Waals surface area contributed by atoms with Gasteiger partial charge in [-0.15, -0.1) is 0 Å². The Kier molecular flexibility index (Phi) is 4.05. The molecule has 0 radical (unpaired) electrons. The largest absolute Gasteiger partial charge is 0.353 e. The lowest BCUT2D eigenvalue weighted by Crippen LogP contribution is -2.52. The molecule has 1 aliphatic heterocycles. The SMILES string of the molecule is CC1CCCC[C@@H]1N1CCN(c2nsc3ccccc23)CC1. The van der Waals surface area contributed by atoms with Crippen LogP contribution in [0, 0.1) is 5.92 Å². The fourth-order valence-electron chi connectivity index (χ4n) is 4.21. The third-order valence-corrected chi connectivity index (χ3v) is 6.32. The first-order chi connectivity index (χ1) is 10.8. The first kappa shape index (κ1) is 14.5. The Morgan fingerprint density at radius 3 is 2.64 bits per heavy atom. The Morgan fingerprint density at radius 1 is 1.05 bits per heavy atom. The quantitative estimate of drug-likeness (QED) is 0.835. The van der Waals surface area contributed by atoms with E-state index in [1.165, 1.54) is 54.7 Å². The van der Waals surface area contributed by atoms with Crippen LogP contribution in [0.1, 0.15) is 32.6 Å². The van der Waals surface area contributed by atoms with Crippen LogP contribution in [0.15, 0.2) is 24.3 Å². The number of fused-ring (bicyclic) bond motifs is 1. The van der Waals surface area contributed by atoms with Gasteiger partial charge in [0.25, 0.3) is 0 Å². The van der Waals surface area contributed by atoms with E-state index in [9.17, 15) is 0 Å². The zero-order valence-corrected chi connectivity index (χ0v) is 14.2. The van der Waals surface area contributed by atoms with Gasteiger partial charge < -0.3 is 4.90 Å². The molecule has 1 aromatic carbocycles. The summed E-state index contributed by atoms with van der Waals surface area (Å²) in [7, 11) is 0. The molecule has 1 saturated carbocycles. The van der Waals surface area contributed by atoms with Crippen molar-refractivity contribution in [2.75, 3.05) is 31.1 Å². The standard InChI is InChI=1S/C18H25N3S/c1-14-6-2-4-8-16(14)20-10-12-21(13-11-20)18-15-7-3-5-9-17(15)22-19-18/h3,5,7,9,14,16H,2,4,6,8,10-13H2,1H3/t14?,16-/m0/s1. The number of piperazine rings is 1. The summed E-state index contributed by atoms with van der Waals surface area (Å²) in [5.41, 5.74) is 0. The molecule has 1 saturated heterocycles. The van der Waals surface area contributed by atoms with Crippen LogP contribution < -0.4 is 4.90 Å². The maximum absolute atomic E-state index is 4.72. The van der Waals surface area contributed by atoms with Gasteiger partial charge in [0.2, 0.25) is 0 Å². The minimum absolute atomic E-state index is 0.822. The van der Waals surface area contributed by atoms with Gasteiger partial charge in [-0.2, -0.15) is 4.37 Å². The summed E-state index contributed by atoms with van der Waals surface area (Å²) < 4.78 is 6.03. The number of hydrogen-bond acceptors (Lipinski definition) is 4. The summed E-state index contributed by atoms with van der Waals surface area (Å²) in [6.07, 6.45) is 5.68. The van der Waals surface area contributed by atoms with Crippen LogP contribution in [0.2, 0.25) is 0 Å². The summed E-state index contributed by atoms with van der Waals surface area (Å²) in [6.45, 7) is 7.08. The van der Waals surface area contributed by atoms with Crippen LogP contribution in [0.4, 0.5) is 5.82 Å². The Hall–Kier alpha value is -1.13. The molecule has 0 bridgehead atoms. The molecular weight excluding hydrogens is 290 g/mol. The van der Waals surface area contributed by atoms with Crippen molar-refractivity contribution in [1.82, 2.24) is 9.27 Å². The number of benzene rings is 1. The van der Waals surface area contributed by atoms with E-state index in [4.69, 9.17) is 4.37 Å². The number of anilines is 1. The van der Waals surface area contributed by atoms with Gasteiger partial charge in [-0.1, -0.05) is 31.9 Å². The van der Waals surface area contributed by atoms with E-state index in [0.29, 0.717) is 0 Å². The predicted molar refractivity (Wildman–Crippen MR) is 94.8 cm³/mol. The highest BCUT2D eigenvalue weighted by molar-refractivity contribution is 7.13.